The first kappa shape index (κ1) is 25.8. The van der Waals surface area contributed by atoms with Crippen LogP contribution in [-0.4, -0.2) is 35.0 Å². The van der Waals surface area contributed by atoms with Gasteiger partial charge in [-0.15, -0.1) is 0 Å². The molecule has 16 heteroatoms. The molecule has 0 aromatic rings. The SMILES string of the molecule is O=S([O-])OS(=O)[O-].O=S([O-])OS(=O)[O-].[Au+3].[NH4+]. The van der Waals surface area contributed by atoms with Crippen molar-refractivity contribution < 1.29 is 64.7 Å². The maximum Gasteiger partial charge on any atom is 3.00 e. The van der Waals surface area contributed by atoms with E-state index in [0.29, 0.717) is 0 Å². The molecule has 0 fully saturated rings. The van der Waals surface area contributed by atoms with E-state index in [4.69, 9.17) is 0 Å². The molecule has 0 saturated carbocycles. The van der Waals surface area contributed by atoms with E-state index in [1.165, 1.54) is 0 Å². The number of hydrogen-bond acceptors (Lipinski definition) is 10. The van der Waals surface area contributed by atoms with Crippen LogP contribution in [0, 0.1) is 0 Å². The molecule has 0 aromatic heterocycles. The second-order valence-electron chi connectivity index (χ2n) is 0.953. The molecule has 0 aliphatic carbocycles. The van der Waals surface area contributed by atoms with Gasteiger partial charge in [0, 0.05) is 0 Å². The largest absolute Gasteiger partial charge is 3.00 e. The summed E-state index contributed by atoms with van der Waals surface area (Å²) in [6, 6.07) is 0. The molecule has 0 aliphatic rings. The first-order valence-electron chi connectivity index (χ1n) is 2.00. The van der Waals surface area contributed by atoms with Crippen LogP contribution in [0.2, 0.25) is 0 Å². The topological polar surface area (TPSA) is 215 Å². The van der Waals surface area contributed by atoms with Crippen molar-refractivity contribution >= 4 is 45.4 Å². The minimum Gasteiger partial charge on any atom is -0.749 e. The van der Waals surface area contributed by atoms with Gasteiger partial charge >= 0.3 is 22.4 Å². The van der Waals surface area contributed by atoms with E-state index in [2.05, 4.69) is 7.26 Å². The summed E-state index contributed by atoms with van der Waals surface area (Å²) in [7, 11) is 0. The number of rotatable bonds is 4. The molecular formula is H4AuNO10S4. The first-order valence-corrected chi connectivity index (χ1v) is 6.00. The second kappa shape index (κ2) is 16.1. The van der Waals surface area contributed by atoms with Crippen LogP contribution in [0.15, 0.2) is 0 Å². The van der Waals surface area contributed by atoms with Gasteiger partial charge in [-0.3, -0.25) is 0 Å². The van der Waals surface area contributed by atoms with Crippen LogP contribution in [0.25, 0.3) is 0 Å². The molecule has 0 heterocycles. The fourth-order valence-electron chi connectivity index (χ4n) is 0.0907. The minimum absolute atomic E-state index is 0. The fraction of sp³-hybridized carbons (Fsp3) is 0. The van der Waals surface area contributed by atoms with Gasteiger partial charge in [0.15, 0.2) is 0 Å². The molecule has 0 radical (unpaired) electrons. The molecular weight excluding hydrogens is 499 g/mol. The first-order chi connectivity index (χ1) is 6.25. The van der Waals surface area contributed by atoms with Crippen molar-refractivity contribution in [1.82, 2.24) is 6.15 Å². The van der Waals surface area contributed by atoms with Crippen LogP contribution in [0.4, 0.5) is 0 Å². The molecule has 104 valence electrons. The summed E-state index contributed by atoms with van der Waals surface area (Å²) in [6.07, 6.45) is 0. The number of quaternary nitrogens is 1. The van der Waals surface area contributed by atoms with Gasteiger partial charge in [-0.25, -0.2) is 24.1 Å². The van der Waals surface area contributed by atoms with Crippen molar-refractivity contribution in [1.29, 1.82) is 0 Å². The zero-order chi connectivity index (χ0) is 11.7. The Balaban J connectivity index is -0.0000000800. The molecule has 0 bridgehead atoms. The Kier molecular flexibility index (Phi) is 25.9. The number of hydrogen-bond donors (Lipinski definition) is 1. The standard InChI is InChI=1S/Au.H3N.2H2O5S2/c;;2*1-6(2)5-7(3)4/h;1H3;2*(H,1,2)(H,3,4)/q+3;;;/p-3. The Morgan fingerprint density at radius 2 is 0.750 bits per heavy atom. The van der Waals surface area contributed by atoms with Crippen LogP contribution in [-0.2, 0) is 75.1 Å². The summed E-state index contributed by atoms with van der Waals surface area (Å²) in [6.45, 7) is 0. The average molecular weight is 503 g/mol. The van der Waals surface area contributed by atoms with Crippen molar-refractivity contribution in [3.63, 3.8) is 0 Å². The van der Waals surface area contributed by atoms with E-state index in [1.807, 2.05) is 0 Å². The average Bonchev–Trinajstić information content (AvgIpc) is 1.79. The molecule has 4 N–H and O–H groups in total. The summed E-state index contributed by atoms with van der Waals surface area (Å²) in [5, 5.41) is 0. The van der Waals surface area contributed by atoms with Gasteiger partial charge in [0.1, 0.15) is 0 Å². The molecule has 0 saturated heterocycles. The van der Waals surface area contributed by atoms with Crippen LogP contribution < -0.4 is 6.15 Å². The van der Waals surface area contributed by atoms with E-state index >= 15 is 0 Å². The normalized spacial score (nSPS) is 16.2. The predicted octanol–water partition coefficient (Wildman–Crippen LogP) is -2.44. The van der Waals surface area contributed by atoms with Crippen molar-refractivity contribution in [2.24, 2.45) is 0 Å². The zero-order valence-electron chi connectivity index (χ0n) is 7.02. The predicted molar refractivity (Wildman–Crippen MR) is 43.8 cm³/mol. The van der Waals surface area contributed by atoms with E-state index < -0.39 is 45.4 Å². The molecule has 0 spiro atoms. The van der Waals surface area contributed by atoms with E-state index in [-0.39, 0.29) is 28.5 Å². The summed E-state index contributed by atoms with van der Waals surface area (Å²) in [5.74, 6) is 0. The van der Waals surface area contributed by atoms with E-state index in [0.717, 1.165) is 0 Å². The fourth-order valence-corrected chi connectivity index (χ4v) is 0.816. The molecule has 0 amide bonds. The van der Waals surface area contributed by atoms with Gasteiger partial charge in [-0.05, 0) is 0 Å². The molecule has 0 unspecified atom stereocenters. The van der Waals surface area contributed by atoms with Crippen LogP contribution in [0.5, 0.6) is 0 Å². The molecule has 0 aromatic carbocycles. The van der Waals surface area contributed by atoms with Crippen molar-refractivity contribution in [2.75, 3.05) is 0 Å². The maximum absolute atomic E-state index is 9.19. The quantitative estimate of drug-likeness (QED) is 0.316. The Morgan fingerprint density at radius 3 is 0.750 bits per heavy atom. The molecule has 0 atom stereocenters. The van der Waals surface area contributed by atoms with Gasteiger partial charge in [-0.1, -0.05) is 0 Å². The zero-order valence-corrected chi connectivity index (χ0v) is 12.4. The molecule has 0 rings (SSSR count). The Bertz CT molecular complexity index is 201. The monoisotopic (exact) mass is 503 g/mol. The van der Waals surface area contributed by atoms with Gasteiger partial charge < -0.3 is 24.4 Å². The molecule has 0 aliphatic heterocycles. The third-order valence-corrected chi connectivity index (χ3v) is 2.00. The minimum atomic E-state index is -2.96. The van der Waals surface area contributed by atoms with Crippen molar-refractivity contribution in [3.8, 4) is 0 Å². The van der Waals surface area contributed by atoms with Gasteiger partial charge in [0.2, 0.25) is 0 Å². The maximum atomic E-state index is 9.19. The smallest absolute Gasteiger partial charge is 0.749 e. The van der Waals surface area contributed by atoms with Crippen molar-refractivity contribution in [3.05, 3.63) is 0 Å². The van der Waals surface area contributed by atoms with E-state index in [1.54, 1.807) is 0 Å². The summed E-state index contributed by atoms with van der Waals surface area (Å²) in [4.78, 5) is 0. The third-order valence-electron chi connectivity index (χ3n) is 0.222. The Labute approximate surface area is 116 Å². The molecule has 16 heavy (non-hydrogen) atoms. The van der Waals surface area contributed by atoms with Crippen LogP contribution >= 0.6 is 0 Å². The van der Waals surface area contributed by atoms with Gasteiger partial charge in [-0.2, -0.15) is 0 Å². The summed E-state index contributed by atoms with van der Waals surface area (Å²) < 4.78 is 79.7. The molecule has 11 nitrogen and oxygen atoms in total. The van der Waals surface area contributed by atoms with E-state index in [9.17, 15) is 35.0 Å². The van der Waals surface area contributed by atoms with Gasteiger partial charge in [0.05, 0.1) is 45.4 Å². The van der Waals surface area contributed by atoms with Crippen LogP contribution in [0.3, 0.4) is 0 Å². The summed E-state index contributed by atoms with van der Waals surface area (Å²) >= 11 is -11.8. The van der Waals surface area contributed by atoms with Crippen LogP contribution in [0.1, 0.15) is 0 Å². The Hall–Kier alpha value is 1.06. The van der Waals surface area contributed by atoms with Crippen molar-refractivity contribution in [2.45, 2.75) is 0 Å². The Morgan fingerprint density at radius 1 is 0.625 bits per heavy atom. The van der Waals surface area contributed by atoms with Gasteiger partial charge in [0.25, 0.3) is 0 Å². The summed E-state index contributed by atoms with van der Waals surface area (Å²) in [5.41, 5.74) is 0. The second-order valence-corrected chi connectivity index (χ2v) is 3.67. The third kappa shape index (κ3) is 36.3.